The fraction of sp³-hybridized carbons (Fsp3) is 0.231. The van der Waals surface area contributed by atoms with Crippen molar-refractivity contribution >= 4 is 33.9 Å². The Labute approximate surface area is 207 Å². The van der Waals surface area contributed by atoms with Crippen molar-refractivity contribution in [3.63, 3.8) is 0 Å². The van der Waals surface area contributed by atoms with E-state index in [1.54, 1.807) is 61.5 Å². The molecule has 1 aliphatic rings. The van der Waals surface area contributed by atoms with Gasteiger partial charge in [-0.05, 0) is 55.3 Å². The number of carbonyl (C=O) groups is 2. The molecule has 1 aromatic heterocycles. The summed E-state index contributed by atoms with van der Waals surface area (Å²) in [4.78, 5) is 27.7. The number of amides is 1. The zero-order valence-corrected chi connectivity index (χ0v) is 20.2. The zero-order chi connectivity index (χ0) is 24.9. The molecule has 0 spiro atoms. The molecule has 1 fully saturated rings. The lowest BCUT2D eigenvalue weighted by atomic mass is 9.95. The molecule has 1 unspecified atom stereocenters. The van der Waals surface area contributed by atoms with Crippen LogP contribution in [0.25, 0.3) is 5.76 Å². The van der Waals surface area contributed by atoms with E-state index in [9.17, 15) is 14.7 Å². The lowest BCUT2D eigenvalue weighted by Gasteiger charge is -2.23. The van der Waals surface area contributed by atoms with Crippen LogP contribution in [0.15, 0.2) is 66.8 Å². The fourth-order valence-corrected chi connectivity index (χ4v) is 4.46. The summed E-state index contributed by atoms with van der Waals surface area (Å²) in [7, 11) is 0. The molecular weight excluding hydrogens is 466 g/mol. The first-order valence-electron chi connectivity index (χ1n) is 11.1. The van der Waals surface area contributed by atoms with Gasteiger partial charge in [0.15, 0.2) is 0 Å². The second-order valence-corrected chi connectivity index (χ2v) is 8.98. The number of nitrogens with zero attached hydrogens (tertiary/aromatic N) is 3. The molecule has 35 heavy (non-hydrogen) atoms. The highest BCUT2D eigenvalue weighted by atomic mass is 32.1. The molecule has 1 aliphatic heterocycles. The number of Topliss-reactive ketones (excluding diaryl/α,β-unsaturated/α-hetero) is 1. The largest absolute Gasteiger partial charge is 0.507 e. The lowest BCUT2D eigenvalue weighted by molar-refractivity contribution is -0.132. The first-order valence-corrected chi connectivity index (χ1v) is 11.9. The highest BCUT2D eigenvalue weighted by Crippen LogP contribution is 2.43. The monoisotopic (exact) mass is 491 g/mol. The van der Waals surface area contributed by atoms with Crippen LogP contribution in [0.4, 0.5) is 5.13 Å². The normalized spacial score (nSPS) is 17.0. The van der Waals surface area contributed by atoms with Crippen molar-refractivity contribution in [1.82, 2.24) is 10.2 Å². The van der Waals surface area contributed by atoms with Crippen molar-refractivity contribution in [2.45, 2.75) is 26.3 Å². The molecule has 0 bridgehead atoms. The van der Waals surface area contributed by atoms with Crippen molar-refractivity contribution < 1.29 is 24.2 Å². The highest BCUT2D eigenvalue weighted by Gasteiger charge is 2.48. The summed E-state index contributed by atoms with van der Waals surface area (Å²) in [5, 5.41) is 20.3. The minimum absolute atomic E-state index is 0.0362. The Hall–Kier alpha value is -3.98. The molecule has 1 atom stereocenters. The molecule has 4 rings (SSSR count). The maximum atomic E-state index is 13.2. The van der Waals surface area contributed by atoms with Crippen LogP contribution in [0.2, 0.25) is 0 Å². The van der Waals surface area contributed by atoms with Crippen LogP contribution in [-0.4, -0.2) is 40.2 Å². The Bertz CT molecular complexity index is 1280. The number of ether oxygens (including phenoxy) is 2. The second kappa shape index (κ2) is 10.5. The molecule has 2 heterocycles. The summed E-state index contributed by atoms with van der Waals surface area (Å²) in [5.74, 6) is -0.677. The Morgan fingerprint density at radius 2 is 1.91 bits per heavy atom. The van der Waals surface area contributed by atoms with E-state index >= 15 is 0 Å². The number of hydrogen-bond acceptors (Lipinski definition) is 8. The summed E-state index contributed by atoms with van der Waals surface area (Å²) in [6, 6.07) is 12.9. The maximum Gasteiger partial charge on any atom is 0.301 e. The van der Waals surface area contributed by atoms with E-state index in [1.807, 2.05) is 6.92 Å². The van der Waals surface area contributed by atoms with Gasteiger partial charge in [0.05, 0.1) is 18.2 Å². The third-order valence-electron chi connectivity index (χ3n) is 5.31. The quantitative estimate of drug-likeness (QED) is 0.198. The van der Waals surface area contributed by atoms with Crippen molar-refractivity contribution in [2.75, 3.05) is 18.1 Å². The van der Waals surface area contributed by atoms with Gasteiger partial charge < -0.3 is 14.6 Å². The predicted molar refractivity (Wildman–Crippen MR) is 134 cm³/mol. The molecule has 1 saturated heterocycles. The predicted octanol–water partition coefficient (Wildman–Crippen LogP) is 4.83. The molecular formula is C26H25N3O5S. The van der Waals surface area contributed by atoms with E-state index in [2.05, 4.69) is 16.8 Å². The molecule has 3 aromatic rings. The first-order chi connectivity index (χ1) is 16.9. The number of aryl methyl sites for hydroxylation is 1. The van der Waals surface area contributed by atoms with Crippen LogP contribution in [-0.2, 0) is 9.59 Å². The lowest BCUT2D eigenvalue weighted by Crippen LogP contribution is -2.29. The molecule has 0 aliphatic carbocycles. The van der Waals surface area contributed by atoms with E-state index in [-0.39, 0.29) is 16.5 Å². The molecule has 8 nitrogen and oxygen atoms in total. The Morgan fingerprint density at radius 1 is 1.14 bits per heavy atom. The average molecular weight is 492 g/mol. The molecule has 1 N–H and O–H groups in total. The van der Waals surface area contributed by atoms with Gasteiger partial charge in [-0.1, -0.05) is 43.0 Å². The first kappa shape index (κ1) is 24.2. The van der Waals surface area contributed by atoms with Gasteiger partial charge in [0.1, 0.15) is 28.9 Å². The van der Waals surface area contributed by atoms with Gasteiger partial charge in [0, 0.05) is 5.56 Å². The Morgan fingerprint density at radius 3 is 2.57 bits per heavy atom. The second-order valence-electron chi connectivity index (χ2n) is 7.82. The van der Waals surface area contributed by atoms with Crippen molar-refractivity contribution in [3.8, 4) is 11.5 Å². The van der Waals surface area contributed by atoms with Crippen LogP contribution < -0.4 is 14.4 Å². The zero-order valence-electron chi connectivity index (χ0n) is 19.4. The Balaban J connectivity index is 1.83. The van der Waals surface area contributed by atoms with E-state index in [0.29, 0.717) is 40.8 Å². The third kappa shape index (κ3) is 4.95. The summed E-state index contributed by atoms with van der Waals surface area (Å²) in [6.45, 7) is 8.30. The van der Waals surface area contributed by atoms with Crippen molar-refractivity contribution in [2.24, 2.45) is 0 Å². The van der Waals surface area contributed by atoms with Crippen molar-refractivity contribution in [1.29, 1.82) is 0 Å². The number of ketones is 1. The Kier molecular flexibility index (Phi) is 7.26. The summed E-state index contributed by atoms with van der Waals surface area (Å²) >= 11 is 1.19. The standard InChI is InChI=1S/C26H25N3O5S/c1-4-13-33-19-11-9-17(10-12-19)23(30)21-22(18-7-6-8-20(15-18)34-14-5-2)29(25(32)24(21)31)26-28-27-16(3)35-26/h5-12,15,22,30H,2,4,13-14H2,1,3H3. The summed E-state index contributed by atoms with van der Waals surface area (Å²) in [5.41, 5.74) is 0.943. The summed E-state index contributed by atoms with van der Waals surface area (Å²) < 4.78 is 11.3. The van der Waals surface area contributed by atoms with Crippen LogP contribution in [0.1, 0.15) is 35.5 Å². The molecule has 2 aromatic carbocycles. The number of hydrogen-bond donors (Lipinski definition) is 1. The molecule has 1 amide bonds. The number of aliphatic hydroxyl groups excluding tert-OH is 1. The minimum Gasteiger partial charge on any atom is -0.507 e. The van der Waals surface area contributed by atoms with E-state index in [0.717, 1.165) is 6.42 Å². The van der Waals surface area contributed by atoms with Gasteiger partial charge in [0.2, 0.25) is 5.13 Å². The van der Waals surface area contributed by atoms with Gasteiger partial charge in [-0.2, -0.15) is 0 Å². The van der Waals surface area contributed by atoms with E-state index in [1.165, 1.54) is 16.2 Å². The fourth-order valence-electron chi connectivity index (χ4n) is 3.74. The molecule has 0 saturated carbocycles. The molecule has 180 valence electrons. The number of rotatable bonds is 9. The number of benzene rings is 2. The van der Waals surface area contributed by atoms with E-state index in [4.69, 9.17) is 9.47 Å². The van der Waals surface area contributed by atoms with Gasteiger partial charge in [-0.3, -0.25) is 14.5 Å². The van der Waals surface area contributed by atoms with Crippen LogP contribution in [0.5, 0.6) is 11.5 Å². The smallest absolute Gasteiger partial charge is 0.301 e. The van der Waals surface area contributed by atoms with Crippen LogP contribution >= 0.6 is 11.3 Å². The molecule has 0 radical (unpaired) electrons. The van der Waals surface area contributed by atoms with Gasteiger partial charge in [-0.15, -0.1) is 10.2 Å². The highest BCUT2D eigenvalue weighted by molar-refractivity contribution is 7.15. The topological polar surface area (TPSA) is 102 Å². The molecule has 9 heteroatoms. The van der Waals surface area contributed by atoms with Crippen molar-refractivity contribution in [3.05, 3.63) is 82.9 Å². The third-order valence-corrected chi connectivity index (χ3v) is 6.15. The minimum atomic E-state index is -0.911. The van der Waals surface area contributed by atoms with Crippen LogP contribution in [0, 0.1) is 6.92 Å². The average Bonchev–Trinajstić information content (AvgIpc) is 3.41. The maximum absolute atomic E-state index is 13.2. The number of aromatic nitrogens is 2. The van der Waals surface area contributed by atoms with Gasteiger partial charge >= 0.3 is 5.91 Å². The number of aliphatic hydroxyl groups is 1. The number of anilines is 1. The van der Waals surface area contributed by atoms with E-state index < -0.39 is 17.7 Å². The number of carbonyl (C=O) groups excluding carboxylic acids is 2. The van der Waals surface area contributed by atoms with Crippen LogP contribution in [0.3, 0.4) is 0 Å². The van der Waals surface area contributed by atoms with Gasteiger partial charge in [0.25, 0.3) is 5.78 Å². The summed E-state index contributed by atoms with van der Waals surface area (Å²) in [6.07, 6.45) is 2.49. The SMILES string of the molecule is C=CCOc1cccc(C2C(=C(O)c3ccc(OCCC)cc3)C(=O)C(=O)N2c2nnc(C)s2)c1. The van der Waals surface area contributed by atoms with Gasteiger partial charge in [-0.25, -0.2) is 0 Å².